The number of benzene rings is 1. The summed E-state index contributed by atoms with van der Waals surface area (Å²) in [6.45, 7) is 2.46. The summed E-state index contributed by atoms with van der Waals surface area (Å²) >= 11 is 0. The molecule has 0 spiro atoms. The van der Waals surface area contributed by atoms with E-state index in [1.807, 2.05) is 0 Å². The molecule has 1 aromatic heterocycles. The third kappa shape index (κ3) is 3.77. The highest BCUT2D eigenvalue weighted by Crippen LogP contribution is 2.44. The summed E-state index contributed by atoms with van der Waals surface area (Å²) in [7, 11) is 0. The Morgan fingerprint density at radius 2 is 1.93 bits per heavy atom. The number of hydrogen-bond acceptors (Lipinski definition) is 10. The lowest BCUT2D eigenvalue weighted by Crippen LogP contribution is -2.51. The Morgan fingerprint density at radius 1 is 1.24 bits per heavy atom. The van der Waals surface area contributed by atoms with Crippen LogP contribution >= 0.6 is 0 Å². The van der Waals surface area contributed by atoms with Gasteiger partial charge in [-0.1, -0.05) is 0 Å². The van der Waals surface area contributed by atoms with E-state index < -0.39 is 48.6 Å². The quantitative estimate of drug-likeness (QED) is 0.434. The standard InChI is InChI=1S/C19H23NO9/c1-7-3-11(23)14(17-10(6-21)15(25)16(26)19(20-27)29-17)18-13(7)12(24)5-9(28-18)4-8(2)22/h3,5,8,10,15-17,19,21-23,25-26H,4,6H2,1-2H3. The molecule has 1 saturated heterocycles. The van der Waals surface area contributed by atoms with Crippen LogP contribution < -0.4 is 5.43 Å². The topological polar surface area (TPSA) is 170 Å². The third-order valence-electron chi connectivity index (χ3n) is 5.12. The van der Waals surface area contributed by atoms with Gasteiger partial charge in [-0.3, -0.25) is 4.79 Å². The maximum absolute atomic E-state index is 12.7. The van der Waals surface area contributed by atoms with Crippen LogP contribution in [0.2, 0.25) is 0 Å². The number of aliphatic hydroxyl groups is 4. The second kappa shape index (κ2) is 8.17. The first-order chi connectivity index (χ1) is 13.7. The van der Waals surface area contributed by atoms with Crippen molar-refractivity contribution in [2.75, 3.05) is 6.61 Å². The number of fused-ring (bicyclic) bond motifs is 1. The van der Waals surface area contributed by atoms with Gasteiger partial charge in [0.1, 0.15) is 29.3 Å². The number of ether oxygens (including phenoxy) is 1. The second-order valence-electron chi connectivity index (χ2n) is 7.34. The van der Waals surface area contributed by atoms with Gasteiger partial charge >= 0.3 is 0 Å². The fraction of sp³-hybridized carbons (Fsp3) is 0.526. The van der Waals surface area contributed by atoms with Crippen molar-refractivity contribution in [1.29, 1.82) is 0 Å². The van der Waals surface area contributed by atoms with Crippen molar-refractivity contribution >= 4 is 11.0 Å². The lowest BCUT2D eigenvalue weighted by atomic mass is 9.84. The van der Waals surface area contributed by atoms with Gasteiger partial charge < -0.3 is 34.7 Å². The molecule has 0 saturated carbocycles. The first-order valence-corrected chi connectivity index (χ1v) is 9.11. The SMILES string of the molecule is Cc1cc(O)c(C2OC(N=O)C(O)C(O)C2CO)c2oc(CC(C)O)cc(=O)c12. The first kappa shape index (κ1) is 21.3. The third-order valence-corrected chi connectivity index (χ3v) is 5.12. The van der Waals surface area contributed by atoms with Crippen LogP contribution in [0.1, 0.15) is 29.9 Å². The van der Waals surface area contributed by atoms with E-state index in [9.17, 15) is 35.2 Å². The molecule has 1 aliphatic rings. The van der Waals surface area contributed by atoms with E-state index in [0.29, 0.717) is 5.56 Å². The molecule has 10 heteroatoms. The Hall–Kier alpha value is -2.37. The van der Waals surface area contributed by atoms with Crippen LogP contribution in [0.25, 0.3) is 11.0 Å². The van der Waals surface area contributed by atoms with Crippen LogP contribution in [0.5, 0.6) is 5.75 Å². The number of nitrogens with zero attached hydrogens (tertiary/aromatic N) is 1. The number of phenols is 1. The van der Waals surface area contributed by atoms with Crippen LogP contribution in [0.4, 0.5) is 0 Å². The Bertz CT molecular complexity index is 970. The van der Waals surface area contributed by atoms with Gasteiger partial charge in [-0.25, -0.2) is 0 Å². The number of phenolic OH excluding ortho intramolecular Hbond substituents is 1. The maximum atomic E-state index is 12.7. The Labute approximate surface area is 165 Å². The fourth-order valence-corrected chi connectivity index (χ4v) is 3.75. The fourth-order valence-electron chi connectivity index (χ4n) is 3.75. The molecule has 0 bridgehead atoms. The Kier molecular flexibility index (Phi) is 6.01. The molecule has 6 atom stereocenters. The molecule has 3 rings (SSSR count). The molecule has 29 heavy (non-hydrogen) atoms. The number of hydrogen-bond donors (Lipinski definition) is 5. The van der Waals surface area contributed by atoms with E-state index in [2.05, 4.69) is 5.18 Å². The number of aromatic hydroxyl groups is 1. The second-order valence-corrected chi connectivity index (χ2v) is 7.34. The summed E-state index contributed by atoms with van der Waals surface area (Å²) < 4.78 is 11.3. The van der Waals surface area contributed by atoms with Crippen molar-refractivity contribution in [1.82, 2.24) is 0 Å². The van der Waals surface area contributed by atoms with Crippen molar-refractivity contribution < 1.29 is 34.7 Å². The predicted octanol–water partition coefficient (Wildman–Crippen LogP) is 0.224. The molecule has 10 nitrogen and oxygen atoms in total. The minimum atomic E-state index is -1.67. The zero-order valence-corrected chi connectivity index (χ0v) is 15.8. The first-order valence-electron chi connectivity index (χ1n) is 9.11. The minimum Gasteiger partial charge on any atom is -0.507 e. The van der Waals surface area contributed by atoms with Crippen molar-refractivity contribution in [2.45, 2.75) is 50.9 Å². The van der Waals surface area contributed by atoms with Crippen LogP contribution in [0.3, 0.4) is 0 Å². The van der Waals surface area contributed by atoms with Crippen molar-refractivity contribution in [3.63, 3.8) is 0 Å². The molecule has 158 valence electrons. The van der Waals surface area contributed by atoms with Crippen molar-refractivity contribution in [2.24, 2.45) is 11.1 Å². The molecular formula is C19H23NO9. The molecule has 0 radical (unpaired) electrons. The van der Waals surface area contributed by atoms with Crippen LogP contribution in [-0.2, 0) is 11.2 Å². The van der Waals surface area contributed by atoms with Gasteiger partial charge in [-0.15, -0.1) is 4.91 Å². The monoisotopic (exact) mass is 409 g/mol. The van der Waals surface area contributed by atoms with Crippen molar-refractivity contribution in [3.05, 3.63) is 44.2 Å². The normalized spacial score (nSPS) is 28.4. The zero-order valence-electron chi connectivity index (χ0n) is 15.8. The number of nitroso groups, excluding NO2 is 1. The molecule has 2 aromatic rings. The van der Waals surface area contributed by atoms with E-state index in [4.69, 9.17) is 9.15 Å². The van der Waals surface area contributed by atoms with Gasteiger partial charge in [-0.05, 0) is 30.7 Å². The zero-order chi connectivity index (χ0) is 21.5. The molecule has 0 amide bonds. The summed E-state index contributed by atoms with van der Waals surface area (Å²) in [4.78, 5) is 23.7. The molecule has 1 aliphatic heterocycles. The van der Waals surface area contributed by atoms with Crippen LogP contribution in [0, 0.1) is 17.7 Å². The van der Waals surface area contributed by atoms with Gasteiger partial charge in [-0.2, -0.15) is 0 Å². The van der Waals surface area contributed by atoms with E-state index in [1.54, 1.807) is 6.92 Å². The van der Waals surface area contributed by atoms with E-state index in [0.717, 1.165) is 0 Å². The molecule has 2 heterocycles. The average Bonchev–Trinajstić information content (AvgIpc) is 2.63. The van der Waals surface area contributed by atoms with Crippen molar-refractivity contribution in [3.8, 4) is 5.75 Å². The molecule has 5 N–H and O–H groups in total. The average molecular weight is 409 g/mol. The Balaban J connectivity index is 2.28. The summed E-state index contributed by atoms with van der Waals surface area (Å²) in [5.41, 5.74) is -0.112. The van der Waals surface area contributed by atoms with Gasteiger partial charge in [0.2, 0.25) is 6.23 Å². The highest BCUT2D eigenvalue weighted by atomic mass is 16.5. The highest BCUT2D eigenvalue weighted by Gasteiger charge is 2.47. The smallest absolute Gasteiger partial charge is 0.218 e. The number of aryl methyl sites for hydroxylation is 1. The molecule has 1 fully saturated rings. The van der Waals surface area contributed by atoms with Gasteiger partial charge in [0.15, 0.2) is 5.43 Å². The van der Waals surface area contributed by atoms with E-state index in [-0.39, 0.29) is 34.5 Å². The molecular weight excluding hydrogens is 386 g/mol. The van der Waals surface area contributed by atoms with Gasteiger partial charge in [0.25, 0.3) is 0 Å². The maximum Gasteiger partial charge on any atom is 0.218 e. The summed E-state index contributed by atoms with van der Waals surface area (Å²) in [5, 5.41) is 53.1. The minimum absolute atomic E-state index is 0.0358. The van der Waals surface area contributed by atoms with E-state index >= 15 is 0 Å². The summed E-state index contributed by atoms with van der Waals surface area (Å²) in [6.07, 6.45) is -6.96. The van der Waals surface area contributed by atoms with Crippen LogP contribution in [0.15, 0.2) is 26.5 Å². The van der Waals surface area contributed by atoms with Gasteiger partial charge in [0.05, 0.1) is 29.8 Å². The molecule has 1 aromatic carbocycles. The number of aliphatic hydroxyl groups excluding tert-OH is 4. The summed E-state index contributed by atoms with van der Waals surface area (Å²) in [6, 6.07) is 2.55. The van der Waals surface area contributed by atoms with Gasteiger partial charge in [0, 0.05) is 18.4 Å². The predicted molar refractivity (Wildman–Crippen MR) is 100 cm³/mol. The Morgan fingerprint density at radius 3 is 2.52 bits per heavy atom. The number of rotatable bonds is 5. The van der Waals surface area contributed by atoms with Crippen LogP contribution in [-0.4, -0.2) is 56.7 Å². The largest absolute Gasteiger partial charge is 0.507 e. The lowest BCUT2D eigenvalue weighted by Gasteiger charge is -2.40. The summed E-state index contributed by atoms with van der Waals surface area (Å²) in [5.74, 6) is -1.32. The van der Waals surface area contributed by atoms with E-state index in [1.165, 1.54) is 19.1 Å². The molecule has 6 unspecified atom stereocenters. The molecule has 0 aliphatic carbocycles. The lowest BCUT2D eigenvalue weighted by molar-refractivity contribution is -0.207. The highest BCUT2D eigenvalue weighted by molar-refractivity contribution is 5.86.